The molecule has 2 aromatic heterocycles. The second-order valence-corrected chi connectivity index (χ2v) is 8.14. The zero-order valence-electron chi connectivity index (χ0n) is 16.1. The highest BCUT2D eigenvalue weighted by Gasteiger charge is 2.17. The number of amides is 1. The van der Waals surface area contributed by atoms with Crippen LogP contribution in [0.15, 0.2) is 52.0 Å². The number of nitrogens with two attached hydrogens (primary N) is 1. The molecule has 154 valence electrons. The van der Waals surface area contributed by atoms with Gasteiger partial charge in [0.15, 0.2) is 6.61 Å². The van der Waals surface area contributed by atoms with E-state index in [2.05, 4.69) is 9.82 Å². The molecule has 1 aromatic carbocycles. The maximum Gasteiger partial charge on any atom is 0.255 e. The predicted molar refractivity (Wildman–Crippen MR) is 106 cm³/mol. The third-order valence-electron chi connectivity index (χ3n) is 4.28. The van der Waals surface area contributed by atoms with Gasteiger partial charge in [0.25, 0.3) is 5.91 Å². The van der Waals surface area contributed by atoms with E-state index in [9.17, 15) is 13.2 Å². The van der Waals surface area contributed by atoms with Crippen LogP contribution in [-0.4, -0.2) is 37.3 Å². The Balaban J connectivity index is 1.63. The lowest BCUT2D eigenvalue weighted by molar-refractivity contribution is -0.119. The van der Waals surface area contributed by atoms with E-state index in [4.69, 9.17) is 14.9 Å². The number of carbonyl (C=O) groups excluding carboxylic acids is 1. The van der Waals surface area contributed by atoms with Crippen LogP contribution < -0.4 is 15.2 Å². The van der Waals surface area contributed by atoms with Gasteiger partial charge in [-0.3, -0.25) is 9.48 Å². The van der Waals surface area contributed by atoms with Crippen LogP contribution in [0.25, 0.3) is 11.3 Å². The predicted octanol–water partition coefficient (Wildman–Crippen LogP) is 1.60. The molecule has 10 heteroatoms. The number of primary amides is 1. The number of carbonyl (C=O) groups is 1. The van der Waals surface area contributed by atoms with Gasteiger partial charge < -0.3 is 14.9 Å². The second kappa shape index (κ2) is 8.50. The third kappa shape index (κ3) is 4.84. The van der Waals surface area contributed by atoms with Crippen molar-refractivity contribution in [3.63, 3.8) is 0 Å². The molecule has 0 aliphatic rings. The molecule has 0 bridgehead atoms. The van der Waals surface area contributed by atoms with Gasteiger partial charge in [0.2, 0.25) is 10.0 Å². The Bertz CT molecular complexity index is 1090. The van der Waals surface area contributed by atoms with Crippen molar-refractivity contribution in [3.05, 3.63) is 54.0 Å². The standard InChI is InChI=1S/C19H22N4O5S/c1-13-19(17-4-3-11-27-17)14(2)23(22-13)10-9-21-29(25,26)16-7-5-15(6-8-16)28-12-18(20)24/h3-8,11,21H,9-10,12H2,1-2H3,(H2,20,24). The highest BCUT2D eigenvalue weighted by molar-refractivity contribution is 7.89. The van der Waals surface area contributed by atoms with E-state index in [0.29, 0.717) is 12.3 Å². The first kappa shape index (κ1) is 20.6. The first-order valence-electron chi connectivity index (χ1n) is 8.86. The van der Waals surface area contributed by atoms with Crippen molar-refractivity contribution in [1.29, 1.82) is 0 Å². The summed E-state index contributed by atoms with van der Waals surface area (Å²) in [5, 5.41) is 4.47. The molecule has 0 saturated heterocycles. The van der Waals surface area contributed by atoms with Crippen molar-refractivity contribution in [2.75, 3.05) is 13.2 Å². The molecule has 9 nitrogen and oxygen atoms in total. The van der Waals surface area contributed by atoms with Crippen molar-refractivity contribution in [1.82, 2.24) is 14.5 Å². The largest absolute Gasteiger partial charge is 0.484 e. The van der Waals surface area contributed by atoms with Crippen LogP contribution in [0, 0.1) is 13.8 Å². The quantitative estimate of drug-likeness (QED) is 0.543. The van der Waals surface area contributed by atoms with Gasteiger partial charge >= 0.3 is 0 Å². The summed E-state index contributed by atoms with van der Waals surface area (Å²) in [6.07, 6.45) is 1.60. The first-order chi connectivity index (χ1) is 13.8. The van der Waals surface area contributed by atoms with E-state index in [1.165, 1.54) is 24.3 Å². The van der Waals surface area contributed by atoms with Crippen LogP contribution in [0.1, 0.15) is 11.4 Å². The zero-order chi connectivity index (χ0) is 21.0. The molecule has 3 N–H and O–H groups in total. The van der Waals surface area contributed by atoms with E-state index in [0.717, 1.165) is 22.7 Å². The third-order valence-corrected chi connectivity index (χ3v) is 5.76. The fourth-order valence-corrected chi connectivity index (χ4v) is 3.95. The monoisotopic (exact) mass is 418 g/mol. The van der Waals surface area contributed by atoms with E-state index >= 15 is 0 Å². The van der Waals surface area contributed by atoms with Gasteiger partial charge in [-0.1, -0.05) is 0 Å². The number of hydrogen-bond acceptors (Lipinski definition) is 6. The van der Waals surface area contributed by atoms with Crippen molar-refractivity contribution in [2.45, 2.75) is 25.3 Å². The Kier molecular flexibility index (Phi) is 6.04. The molecule has 0 saturated carbocycles. The second-order valence-electron chi connectivity index (χ2n) is 6.37. The van der Waals surface area contributed by atoms with Crippen LogP contribution >= 0.6 is 0 Å². The SMILES string of the molecule is Cc1nn(CCNS(=O)(=O)c2ccc(OCC(N)=O)cc2)c(C)c1-c1ccco1. The lowest BCUT2D eigenvalue weighted by Crippen LogP contribution is -2.28. The van der Waals surface area contributed by atoms with Crippen molar-refractivity contribution in [2.24, 2.45) is 5.73 Å². The number of aryl methyl sites for hydroxylation is 1. The van der Waals surface area contributed by atoms with E-state index in [1.807, 2.05) is 26.0 Å². The highest BCUT2D eigenvalue weighted by Crippen LogP contribution is 2.27. The molecule has 0 atom stereocenters. The number of hydrogen-bond donors (Lipinski definition) is 2. The number of nitrogens with one attached hydrogen (secondary N) is 1. The summed E-state index contributed by atoms with van der Waals surface area (Å²) < 4.78 is 39.8. The van der Waals surface area contributed by atoms with Crippen LogP contribution in [-0.2, 0) is 21.4 Å². The average molecular weight is 418 g/mol. The molecule has 2 heterocycles. The minimum atomic E-state index is -3.69. The molecular weight excluding hydrogens is 396 g/mol. The Morgan fingerprint density at radius 1 is 1.24 bits per heavy atom. The van der Waals surface area contributed by atoms with Crippen LogP contribution in [0.2, 0.25) is 0 Å². The van der Waals surface area contributed by atoms with Crippen LogP contribution in [0.3, 0.4) is 0 Å². The molecule has 0 aliphatic carbocycles. The Hall–Kier alpha value is -3.11. The summed E-state index contributed by atoms with van der Waals surface area (Å²) in [7, 11) is -3.69. The maximum absolute atomic E-state index is 12.5. The number of furan rings is 1. The molecule has 3 aromatic rings. The molecule has 3 rings (SSSR count). The molecule has 0 radical (unpaired) electrons. The fraction of sp³-hybridized carbons (Fsp3) is 0.263. The topological polar surface area (TPSA) is 129 Å². The minimum Gasteiger partial charge on any atom is -0.484 e. The number of sulfonamides is 1. The Labute approximate surface area is 168 Å². The van der Waals surface area contributed by atoms with Gasteiger partial charge in [0.1, 0.15) is 11.5 Å². The van der Waals surface area contributed by atoms with Gasteiger partial charge in [-0.05, 0) is 50.2 Å². The highest BCUT2D eigenvalue weighted by atomic mass is 32.2. The van der Waals surface area contributed by atoms with Gasteiger partial charge in [0.05, 0.1) is 29.0 Å². The summed E-state index contributed by atoms with van der Waals surface area (Å²) >= 11 is 0. The van der Waals surface area contributed by atoms with Crippen molar-refractivity contribution >= 4 is 15.9 Å². The molecule has 1 amide bonds. The molecule has 0 spiro atoms. The number of rotatable bonds is 9. The van der Waals surface area contributed by atoms with Gasteiger partial charge in [0, 0.05) is 12.2 Å². The fourth-order valence-electron chi connectivity index (χ4n) is 2.93. The summed E-state index contributed by atoms with van der Waals surface area (Å²) in [6, 6.07) is 9.40. The number of nitrogens with zero attached hydrogens (tertiary/aromatic N) is 2. The van der Waals surface area contributed by atoms with E-state index in [-0.39, 0.29) is 18.0 Å². The lowest BCUT2D eigenvalue weighted by Gasteiger charge is -2.09. The molecule has 29 heavy (non-hydrogen) atoms. The molecule has 0 fully saturated rings. The first-order valence-corrected chi connectivity index (χ1v) is 10.3. The molecule has 0 aliphatic heterocycles. The summed E-state index contributed by atoms with van der Waals surface area (Å²) in [5.74, 6) is 0.476. The summed E-state index contributed by atoms with van der Waals surface area (Å²) in [6.45, 7) is 4.06. The minimum absolute atomic E-state index is 0.0913. The van der Waals surface area contributed by atoms with Gasteiger partial charge in [-0.25, -0.2) is 13.1 Å². The van der Waals surface area contributed by atoms with Crippen LogP contribution in [0.4, 0.5) is 0 Å². The van der Waals surface area contributed by atoms with Crippen molar-refractivity contribution < 1.29 is 22.4 Å². The zero-order valence-corrected chi connectivity index (χ0v) is 16.9. The van der Waals surface area contributed by atoms with E-state index in [1.54, 1.807) is 10.9 Å². The van der Waals surface area contributed by atoms with Crippen molar-refractivity contribution in [3.8, 4) is 17.1 Å². The molecular formula is C19H22N4O5S. The molecule has 0 unspecified atom stereocenters. The summed E-state index contributed by atoms with van der Waals surface area (Å²) in [5.41, 5.74) is 7.62. The summed E-state index contributed by atoms with van der Waals surface area (Å²) in [4.78, 5) is 10.8. The average Bonchev–Trinajstić information content (AvgIpc) is 3.28. The Morgan fingerprint density at radius 3 is 2.59 bits per heavy atom. The number of benzene rings is 1. The van der Waals surface area contributed by atoms with Crippen LogP contribution in [0.5, 0.6) is 5.75 Å². The number of ether oxygens (including phenoxy) is 1. The smallest absolute Gasteiger partial charge is 0.255 e. The van der Waals surface area contributed by atoms with Gasteiger partial charge in [-0.15, -0.1) is 0 Å². The van der Waals surface area contributed by atoms with E-state index < -0.39 is 15.9 Å². The maximum atomic E-state index is 12.5. The Morgan fingerprint density at radius 2 is 1.97 bits per heavy atom. The lowest BCUT2D eigenvalue weighted by atomic mass is 10.1. The van der Waals surface area contributed by atoms with Gasteiger partial charge in [-0.2, -0.15) is 5.10 Å². The number of aromatic nitrogens is 2. The normalized spacial score (nSPS) is 11.5.